The number of hydrogen-bond acceptors (Lipinski definition) is 7. The lowest BCUT2D eigenvalue weighted by Gasteiger charge is -2.20. The third-order valence-corrected chi connectivity index (χ3v) is 3.59. The lowest BCUT2D eigenvalue weighted by atomic mass is 10.2. The lowest BCUT2D eigenvalue weighted by molar-refractivity contribution is -0.141. The van der Waals surface area contributed by atoms with E-state index in [1.165, 1.54) is 13.8 Å². The van der Waals surface area contributed by atoms with E-state index in [0.717, 1.165) is 0 Å². The highest BCUT2D eigenvalue weighted by Crippen LogP contribution is 1.93. The molecule has 0 spiro atoms. The molecule has 9 nitrogen and oxygen atoms in total. The van der Waals surface area contributed by atoms with Crippen molar-refractivity contribution < 1.29 is 24.3 Å². The molecular weight excluding hydrogens is 344 g/mol. The molecule has 0 saturated carbocycles. The summed E-state index contributed by atoms with van der Waals surface area (Å²) < 4.78 is 0. The van der Waals surface area contributed by atoms with E-state index in [1.807, 2.05) is 0 Å². The number of nitrogens with one attached hydrogen (secondary N) is 3. The number of rotatable bonds is 9. The van der Waals surface area contributed by atoms with Gasteiger partial charge in [-0.2, -0.15) is 25.3 Å². The Morgan fingerprint density at radius 1 is 0.913 bits per heavy atom. The average Bonchev–Trinajstić information content (AvgIpc) is 2.50. The van der Waals surface area contributed by atoms with Crippen LogP contribution < -0.4 is 21.7 Å². The predicted molar refractivity (Wildman–Crippen MR) is 90.5 cm³/mol. The second-order valence-corrected chi connectivity index (χ2v) is 5.56. The van der Waals surface area contributed by atoms with E-state index in [1.54, 1.807) is 0 Å². The van der Waals surface area contributed by atoms with Crippen LogP contribution in [0.2, 0.25) is 0 Å². The average molecular weight is 366 g/mol. The number of amides is 3. The number of carboxylic acids is 1. The van der Waals surface area contributed by atoms with Gasteiger partial charge in [0.25, 0.3) is 0 Å². The van der Waals surface area contributed by atoms with E-state index in [-0.39, 0.29) is 11.5 Å². The summed E-state index contributed by atoms with van der Waals surface area (Å²) in [5.74, 6) is -3.01. The molecule has 0 bridgehead atoms. The van der Waals surface area contributed by atoms with Crippen molar-refractivity contribution in [3.8, 4) is 0 Å². The van der Waals surface area contributed by atoms with Crippen molar-refractivity contribution in [1.82, 2.24) is 16.0 Å². The van der Waals surface area contributed by atoms with Crippen molar-refractivity contribution in [2.75, 3.05) is 11.5 Å². The van der Waals surface area contributed by atoms with E-state index in [2.05, 4.69) is 41.2 Å². The first kappa shape index (κ1) is 21.5. The van der Waals surface area contributed by atoms with Crippen molar-refractivity contribution in [1.29, 1.82) is 0 Å². The van der Waals surface area contributed by atoms with Gasteiger partial charge in [0, 0.05) is 11.5 Å². The highest BCUT2D eigenvalue weighted by Gasteiger charge is 2.25. The maximum Gasteiger partial charge on any atom is 0.327 e. The number of hydrogen-bond donors (Lipinski definition) is 7. The molecule has 0 heterocycles. The Bertz CT molecular complexity index is 463. The second-order valence-electron chi connectivity index (χ2n) is 4.83. The van der Waals surface area contributed by atoms with Gasteiger partial charge in [-0.05, 0) is 13.8 Å². The third-order valence-electron chi connectivity index (χ3n) is 2.83. The Morgan fingerprint density at radius 2 is 1.35 bits per heavy atom. The molecule has 0 fully saturated rings. The molecule has 3 amide bonds. The SMILES string of the molecule is C[C@H](NC(=O)[C@H](C)NC(=O)[C@@H](N)CS)C(=O)N[C@@H](CS)C(=O)O. The molecule has 0 aliphatic carbocycles. The van der Waals surface area contributed by atoms with Gasteiger partial charge < -0.3 is 26.8 Å². The minimum absolute atomic E-state index is 0.0875. The van der Waals surface area contributed by atoms with E-state index < -0.39 is 47.9 Å². The standard InChI is InChI=1S/C12H22N4O5S2/c1-5(15-11(19)7(13)3-22)9(17)14-6(2)10(18)16-8(4-23)12(20)21/h5-8,22-23H,3-4,13H2,1-2H3,(H,14,17)(H,15,19)(H,16,18)(H,20,21)/t5-,6-,7-,8-/m0/s1. The summed E-state index contributed by atoms with van der Waals surface area (Å²) in [6.45, 7) is 2.82. The van der Waals surface area contributed by atoms with Gasteiger partial charge in [0.1, 0.15) is 18.1 Å². The van der Waals surface area contributed by atoms with Crippen LogP contribution in [-0.4, -0.2) is 64.5 Å². The molecular formula is C12H22N4O5S2. The van der Waals surface area contributed by atoms with Crippen LogP contribution in [0.25, 0.3) is 0 Å². The highest BCUT2D eigenvalue weighted by atomic mass is 32.1. The number of carbonyl (C=O) groups excluding carboxylic acids is 3. The molecule has 11 heteroatoms. The van der Waals surface area contributed by atoms with Gasteiger partial charge in [0.15, 0.2) is 0 Å². The summed E-state index contributed by atoms with van der Waals surface area (Å²) >= 11 is 7.69. The molecule has 0 aromatic rings. The molecule has 0 aliphatic rings. The van der Waals surface area contributed by atoms with Crippen molar-refractivity contribution in [2.45, 2.75) is 38.0 Å². The molecule has 0 aliphatic heterocycles. The van der Waals surface area contributed by atoms with E-state index in [4.69, 9.17) is 10.8 Å². The highest BCUT2D eigenvalue weighted by molar-refractivity contribution is 7.80. The summed E-state index contributed by atoms with van der Waals surface area (Å²) in [7, 11) is 0. The third kappa shape index (κ3) is 7.57. The molecule has 4 atom stereocenters. The fourth-order valence-electron chi connectivity index (χ4n) is 1.36. The monoisotopic (exact) mass is 366 g/mol. The van der Waals surface area contributed by atoms with Crippen LogP contribution in [0.15, 0.2) is 0 Å². The van der Waals surface area contributed by atoms with Gasteiger partial charge in [0.05, 0.1) is 6.04 Å². The van der Waals surface area contributed by atoms with Gasteiger partial charge >= 0.3 is 5.97 Å². The van der Waals surface area contributed by atoms with E-state index in [0.29, 0.717) is 0 Å². The quantitative estimate of drug-likeness (QED) is 0.229. The summed E-state index contributed by atoms with van der Waals surface area (Å²) in [6.07, 6.45) is 0. The number of aliphatic carboxylic acids is 1. The molecule has 0 radical (unpaired) electrons. The van der Waals surface area contributed by atoms with Crippen molar-refractivity contribution in [3.05, 3.63) is 0 Å². The molecule has 0 aromatic carbocycles. The fraction of sp³-hybridized carbons (Fsp3) is 0.667. The number of nitrogens with two attached hydrogens (primary N) is 1. The molecule has 132 valence electrons. The first-order valence-electron chi connectivity index (χ1n) is 6.75. The van der Waals surface area contributed by atoms with Gasteiger partial charge in [0.2, 0.25) is 17.7 Å². The van der Waals surface area contributed by atoms with Crippen LogP contribution in [0, 0.1) is 0 Å². The Hall–Kier alpha value is -1.46. The maximum absolute atomic E-state index is 11.9. The van der Waals surface area contributed by atoms with Crippen LogP contribution in [-0.2, 0) is 19.2 Å². The van der Waals surface area contributed by atoms with Gasteiger partial charge in [-0.1, -0.05) is 0 Å². The van der Waals surface area contributed by atoms with Crippen LogP contribution in [0.1, 0.15) is 13.8 Å². The Labute approximate surface area is 144 Å². The normalized spacial score (nSPS) is 15.7. The molecule has 0 rings (SSSR count). The maximum atomic E-state index is 11.9. The number of carbonyl (C=O) groups is 4. The van der Waals surface area contributed by atoms with Gasteiger partial charge in [-0.15, -0.1) is 0 Å². The predicted octanol–water partition coefficient (Wildman–Crippen LogP) is -2.25. The smallest absolute Gasteiger partial charge is 0.327 e. The lowest BCUT2D eigenvalue weighted by Crippen LogP contribution is -2.55. The Balaban J connectivity index is 4.50. The summed E-state index contributed by atoms with van der Waals surface area (Å²) in [5.41, 5.74) is 5.47. The van der Waals surface area contributed by atoms with Crippen LogP contribution >= 0.6 is 25.3 Å². The second kappa shape index (κ2) is 10.3. The summed E-state index contributed by atoms with van der Waals surface area (Å²) in [6, 6.07) is -3.90. The molecule has 0 saturated heterocycles. The van der Waals surface area contributed by atoms with Gasteiger partial charge in [-0.25, -0.2) is 4.79 Å². The van der Waals surface area contributed by atoms with Crippen LogP contribution in [0.3, 0.4) is 0 Å². The largest absolute Gasteiger partial charge is 0.480 e. The first-order valence-corrected chi connectivity index (χ1v) is 8.01. The van der Waals surface area contributed by atoms with Crippen molar-refractivity contribution in [2.24, 2.45) is 5.73 Å². The summed E-state index contributed by atoms with van der Waals surface area (Å²) in [4.78, 5) is 46.1. The topological polar surface area (TPSA) is 151 Å². The van der Waals surface area contributed by atoms with Crippen LogP contribution in [0.5, 0.6) is 0 Å². The minimum atomic E-state index is -1.23. The van der Waals surface area contributed by atoms with E-state index >= 15 is 0 Å². The van der Waals surface area contributed by atoms with Crippen molar-refractivity contribution in [3.63, 3.8) is 0 Å². The Morgan fingerprint density at radius 3 is 1.74 bits per heavy atom. The molecule has 0 aromatic heterocycles. The molecule has 6 N–H and O–H groups in total. The molecule has 23 heavy (non-hydrogen) atoms. The van der Waals surface area contributed by atoms with Crippen molar-refractivity contribution >= 4 is 48.9 Å². The van der Waals surface area contributed by atoms with Gasteiger partial charge in [-0.3, -0.25) is 14.4 Å². The zero-order valence-electron chi connectivity index (χ0n) is 12.8. The fourth-order valence-corrected chi connectivity index (χ4v) is 1.77. The minimum Gasteiger partial charge on any atom is -0.480 e. The first-order chi connectivity index (χ1) is 10.6. The summed E-state index contributed by atoms with van der Waals surface area (Å²) in [5, 5.41) is 15.8. The Kier molecular flexibility index (Phi) is 9.68. The van der Waals surface area contributed by atoms with E-state index in [9.17, 15) is 19.2 Å². The number of carboxylic acid groups (broad SMARTS) is 1. The zero-order chi connectivity index (χ0) is 18.2. The van der Waals surface area contributed by atoms with Crippen LogP contribution in [0.4, 0.5) is 0 Å². The molecule has 0 unspecified atom stereocenters. The number of thiol groups is 2. The zero-order valence-corrected chi connectivity index (χ0v) is 14.6.